The topological polar surface area (TPSA) is 74.7 Å². The number of aryl methyl sites for hydroxylation is 1. The fraction of sp³-hybridized carbons (Fsp3) is 0.188. The van der Waals surface area contributed by atoms with Gasteiger partial charge in [0, 0.05) is 6.54 Å². The van der Waals surface area contributed by atoms with Crippen molar-refractivity contribution >= 4 is 44.9 Å². The fourth-order valence-electron chi connectivity index (χ4n) is 2.11. The van der Waals surface area contributed by atoms with E-state index in [0.29, 0.717) is 0 Å². The maximum Gasteiger partial charge on any atom is 0.305 e. The summed E-state index contributed by atoms with van der Waals surface area (Å²) < 4.78 is 26.9. The highest BCUT2D eigenvalue weighted by molar-refractivity contribution is 7.92. The van der Waals surface area contributed by atoms with Crippen molar-refractivity contribution in [2.75, 3.05) is 10.8 Å². The van der Waals surface area contributed by atoms with Gasteiger partial charge in [-0.1, -0.05) is 47.0 Å². The number of rotatable bonds is 6. The van der Waals surface area contributed by atoms with Crippen molar-refractivity contribution in [2.45, 2.75) is 18.2 Å². The van der Waals surface area contributed by atoms with Crippen molar-refractivity contribution in [1.82, 2.24) is 0 Å². The minimum Gasteiger partial charge on any atom is -0.481 e. The number of benzene rings is 2. The molecule has 1 N–H and O–H groups in total. The number of halogens is 2. The highest BCUT2D eigenvalue weighted by atomic mass is 35.5. The molecule has 8 heteroatoms. The molecular formula is C16H15Cl2NO4S. The maximum absolute atomic E-state index is 13.0. The van der Waals surface area contributed by atoms with Gasteiger partial charge in [-0.3, -0.25) is 9.10 Å². The van der Waals surface area contributed by atoms with Crippen LogP contribution in [0.5, 0.6) is 0 Å². The van der Waals surface area contributed by atoms with Crippen LogP contribution in [0.3, 0.4) is 0 Å². The van der Waals surface area contributed by atoms with E-state index < -0.39 is 16.0 Å². The molecule has 24 heavy (non-hydrogen) atoms. The highest BCUT2D eigenvalue weighted by Crippen LogP contribution is 2.36. The molecule has 0 atom stereocenters. The molecule has 0 fully saturated rings. The first-order valence-corrected chi connectivity index (χ1v) is 9.18. The van der Waals surface area contributed by atoms with Crippen LogP contribution in [0.4, 0.5) is 5.69 Å². The molecule has 0 bridgehead atoms. The molecule has 2 aromatic rings. The Labute approximate surface area is 150 Å². The van der Waals surface area contributed by atoms with Crippen molar-refractivity contribution in [1.29, 1.82) is 0 Å². The van der Waals surface area contributed by atoms with Crippen molar-refractivity contribution in [2.24, 2.45) is 0 Å². The van der Waals surface area contributed by atoms with E-state index in [4.69, 9.17) is 28.3 Å². The summed E-state index contributed by atoms with van der Waals surface area (Å²) in [6, 6.07) is 10.8. The Bertz CT molecular complexity index is 831. The van der Waals surface area contributed by atoms with E-state index in [9.17, 15) is 13.2 Å². The largest absolute Gasteiger partial charge is 0.481 e. The van der Waals surface area contributed by atoms with Crippen LogP contribution >= 0.6 is 23.2 Å². The molecule has 2 aromatic carbocycles. The summed E-state index contributed by atoms with van der Waals surface area (Å²) in [5, 5.41) is 9.19. The summed E-state index contributed by atoms with van der Waals surface area (Å²) in [6.45, 7) is 1.55. The second-order valence-corrected chi connectivity index (χ2v) is 7.78. The van der Waals surface area contributed by atoms with Crippen LogP contribution in [-0.4, -0.2) is 26.0 Å². The first kappa shape index (κ1) is 18.6. The van der Waals surface area contributed by atoms with E-state index in [1.54, 1.807) is 18.2 Å². The Morgan fingerprint density at radius 3 is 2.12 bits per heavy atom. The molecule has 0 heterocycles. The Morgan fingerprint density at radius 1 is 1.08 bits per heavy atom. The van der Waals surface area contributed by atoms with Gasteiger partial charge in [-0.25, -0.2) is 8.42 Å². The molecule has 0 spiro atoms. The molecule has 0 aliphatic heterocycles. The molecule has 0 saturated carbocycles. The van der Waals surface area contributed by atoms with Crippen LogP contribution in [0.25, 0.3) is 0 Å². The third-order valence-electron chi connectivity index (χ3n) is 3.32. The normalized spacial score (nSPS) is 11.3. The Morgan fingerprint density at radius 2 is 1.62 bits per heavy atom. The average molecular weight is 388 g/mol. The van der Waals surface area contributed by atoms with Crippen LogP contribution in [0.15, 0.2) is 47.4 Å². The standard InChI is InChI=1S/C16H15Cl2NO4S/c1-11-5-7-12(8-6-11)24(22,23)19(10-9-15(20)21)16-13(17)3-2-4-14(16)18/h2-8H,9-10H2,1H3,(H,20,21). The minimum absolute atomic E-state index is 0.0366. The van der Waals surface area contributed by atoms with E-state index in [0.717, 1.165) is 9.87 Å². The average Bonchev–Trinajstić information content (AvgIpc) is 2.50. The number of sulfonamides is 1. The van der Waals surface area contributed by atoms with Gasteiger partial charge in [0.2, 0.25) is 0 Å². The van der Waals surface area contributed by atoms with Crippen LogP contribution in [0.1, 0.15) is 12.0 Å². The molecule has 128 valence electrons. The molecule has 0 saturated heterocycles. The molecular weight excluding hydrogens is 373 g/mol. The van der Waals surface area contributed by atoms with Crippen molar-refractivity contribution in [3.05, 3.63) is 58.1 Å². The number of carboxylic acids is 1. The number of para-hydroxylation sites is 1. The lowest BCUT2D eigenvalue weighted by Gasteiger charge is -2.25. The molecule has 0 unspecified atom stereocenters. The lowest BCUT2D eigenvalue weighted by molar-refractivity contribution is -0.136. The molecule has 0 aromatic heterocycles. The second kappa shape index (κ2) is 7.42. The summed E-state index contributed by atoms with van der Waals surface area (Å²) in [6.07, 6.45) is -0.382. The zero-order valence-electron chi connectivity index (χ0n) is 12.7. The van der Waals surface area contributed by atoms with E-state index >= 15 is 0 Å². The van der Waals surface area contributed by atoms with Gasteiger partial charge in [-0.15, -0.1) is 0 Å². The zero-order chi connectivity index (χ0) is 17.9. The molecule has 5 nitrogen and oxygen atoms in total. The van der Waals surface area contributed by atoms with E-state index in [-0.39, 0.29) is 33.6 Å². The number of hydrogen-bond acceptors (Lipinski definition) is 3. The van der Waals surface area contributed by atoms with E-state index in [1.807, 2.05) is 6.92 Å². The monoisotopic (exact) mass is 387 g/mol. The zero-order valence-corrected chi connectivity index (χ0v) is 15.1. The highest BCUT2D eigenvalue weighted by Gasteiger charge is 2.28. The summed E-state index contributed by atoms with van der Waals surface area (Å²) in [4.78, 5) is 11.0. The summed E-state index contributed by atoms with van der Waals surface area (Å²) in [5.74, 6) is -1.12. The fourth-order valence-corrected chi connectivity index (χ4v) is 4.32. The van der Waals surface area contributed by atoms with Gasteiger partial charge >= 0.3 is 5.97 Å². The minimum atomic E-state index is -4.01. The van der Waals surface area contributed by atoms with Gasteiger partial charge in [-0.05, 0) is 31.2 Å². The van der Waals surface area contributed by atoms with Crippen LogP contribution in [-0.2, 0) is 14.8 Å². The van der Waals surface area contributed by atoms with Crippen molar-refractivity contribution in [3.63, 3.8) is 0 Å². The number of carbonyl (C=O) groups is 1. The third-order valence-corrected chi connectivity index (χ3v) is 5.75. The van der Waals surface area contributed by atoms with Crippen LogP contribution in [0, 0.1) is 6.92 Å². The van der Waals surface area contributed by atoms with Crippen LogP contribution in [0.2, 0.25) is 10.0 Å². The summed E-state index contributed by atoms with van der Waals surface area (Å²) in [7, 11) is -4.01. The third kappa shape index (κ3) is 4.01. The van der Waals surface area contributed by atoms with Gasteiger partial charge in [0.1, 0.15) is 0 Å². The predicted octanol–water partition coefficient (Wildman–Crippen LogP) is 3.97. The van der Waals surface area contributed by atoms with Gasteiger partial charge in [0.05, 0.1) is 27.0 Å². The summed E-state index contributed by atoms with van der Waals surface area (Å²) >= 11 is 12.2. The van der Waals surface area contributed by atoms with Crippen LogP contribution < -0.4 is 4.31 Å². The lowest BCUT2D eigenvalue weighted by atomic mass is 10.2. The van der Waals surface area contributed by atoms with Gasteiger partial charge in [0.15, 0.2) is 0 Å². The second-order valence-electron chi connectivity index (χ2n) is 5.10. The molecule has 0 radical (unpaired) electrons. The van der Waals surface area contributed by atoms with E-state index in [1.165, 1.54) is 24.3 Å². The van der Waals surface area contributed by atoms with Crippen molar-refractivity contribution in [3.8, 4) is 0 Å². The smallest absolute Gasteiger partial charge is 0.305 e. The molecule has 2 rings (SSSR count). The van der Waals surface area contributed by atoms with Crippen molar-refractivity contribution < 1.29 is 18.3 Å². The first-order chi connectivity index (χ1) is 11.2. The quantitative estimate of drug-likeness (QED) is 0.813. The number of aliphatic carboxylic acids is 1. The van der Waals surface area contributed by atoms with Gasteiger partial charge in [0.25, 0.3) is 10.0 Å². The number of nitrogens with zero attached hydrogens (tertiary/aromatic N) is 1. The number of anilines is 1. The Kier molecular flexibility index (Phi) is 5.74. The Hall–Kier alpha value is -1.76. The Balaban J connectivity index is 2.57. The summed E-state index contributed by atoms with van der Waals surface area (Å²) in [5.41, 5.74) is 0.976. The predicted molar refractivity (Wildman–Crippen MR) is 94.4 cm³/mol. The molecule has 0 aliphatic carbocycles. The van der Waals surface area contributed by atoms with E-state index in [2.05, 4.69) is 0 Å². The molecule has 0 aliphatic rings. The van der Waals surface area contributed by atoms with Gasteiger partial charge in [-0.2, -0.15) is 0 Å². The first-order valence-electron chi connectivity index (χ1n) is 6.98. The SMILES string of the molecule is Cc1ccc(S(=O)(=O)N(CCC(=O)O)c2c(Cl)cccc2Cl)cc1. The number of carboxylic acid groups (broad SMARTS) is 1. The number of hydrogen-bond donors (Lipinski definition) is 1. The lowest BCUT2D eigenvalue weighted by Crippen LogP contribution is -2.33. The van der Waals surface area contributed by atoms with Gasteiger partial charge < -0.3 is 5.11 Å². The molecule has 0 amide bonds. The maximum atomic E-state index is 13.0.